The summed E-state index contributed by atoms with van der Waals surface area (Å²) in [6, 6.07) is 12.4. The summed E-state index contributed by atoms with van der Waals surface area (Å²) in [5, 5.41) is 6.59. The molecule has 0 aliphatic rings. The molecule has 1 heterocycles. The number of carbonyl (C=O) groups is 1. The third kappa shape index (κ3) is 5.63. The van der Waals surface area contributed by atoms with E-state index in [-0.39, 0.29) is 23.4 Å². The molecule has 0 atom stereocenters. The Balaban J connectivity index is 1.44. The molecular formula is C22H25FN4O2. The molecule has 0 saturated heterocycles. The Hall–Kier alpha value is -3.22. The summed E-state index contributed by atoms with van der Waals surface area (Å²) in [6.07, 6.45) is 3.59. The lowest BCUT2D eigenvalue weighted by Gasteiger charge is -2.19. The van der Waals surface area contributed by atoms with E-state index in [0.29, 0.717) is 18.7 Å². The molecule has 29 heavy (non-hydrogen) atoms. The Labute approximate surface area is 169 Å². The van der Waals surface area contributed by atoms with Gasteiger partial charge in [-0.05, 0) is 47.7 Å². The number of ether oxygens (including phenoxy) is 1. The van der Waals surface area contributed by atoms with Crippen LogP contribution < -0.4 is 10.1 Å². The molecule has 0 saturated carbocycles. The Morgan fingerprint density at radius 1 is 1.17 bits per heavy atom. The quantitative estimate of drug-likeness (QED) is 0.597. The number of anilines is 1. The number of rotatable bonds is 7. The normalized spacial score (nSPS) is 11.3. The number of hydrogen-bond donors (Lipinski definition) is 1. The molecule has 2 aromatic carbocycles. The lowest BCUT2D eigenvalue weighted by atomic mass is 9.87. The largest absolute Gasteiger partial charge is 0.494 e. The van der Waals surface area contributed by atoms with Gasteiger partial charge in [0.15, 0.2) is 5.82 Å². The number of nitrogens with zero attached hydrogens (tertiary/aromatic N) is 3. The monoisotopic (exact) mass is 396 g/mol. The predicted octanol–water partition coefficient (Wildman–Crippen LogP) is 4.50. The second-order valence-electron chi connectivity index (χ2n) is 7.78. The van der Waals surface area contributed by atoms with Gasteiger partial charge in [0.2, 0.25) is 5.91 Å². The van der Waals surface area contributed by atoms with Gasteiger partial charge in [0.05, 0.1) is 6.61 Å². The second-order valence-corrected chi connectivity index (χ2v) is 7.78. The smallest absolute Gasteiger partial charge is 0.224 e. The van der Waals surface area contributed by atoms with Crippen molar-refractivity contribution in [3.05, 3.63) is 66.5 Å². The maximum Gasteiger partial charge on any atom is 0.224 e. The fourth-order valence-corrected chi connectivity index (χ4v) is 2.80. The molecule has 0 fully saturated rings. The van der Waals surface area contributed by atoms with Gasteiger partial charge in [-0.2, -0.15) is 5.10 Å². The molecule has 1 aromatic heterocycles. The molecule has 1 N–H and O–H groups in total. The predicted molar refractivity (Wildman–Crippen MR) is 110 cm³/mol. The highest BCUT2D eigenvalue weighted by Crippen LogP contribution is 2.24. The van der Waals surface area contributed by atoms with Crippen molar-refractivity contribution in [1.82, 2.24) is 14.8 Å². The Kier molecular flexibility index (Phi) is 6.26. The summed E-state index contributed by atoms with van der Waals surface area (Å²) >= 11 is 0. The van der Waals surface area contributed by atoms with Crippen molar-refractivity contribution in [2.75, 3.05) is 11.9 Å². The first-order valence-electron chi connectivity index (χ1n) is 9.51. The topological polar surface area (TPSA) is 69.0 Å². The van der Waals surface area contributed by atoms with E-state index in [0.717, 1.165) is 5.75 Å². The molecule has 0 spiro atoms. The molecule has 6 nitrogen and oxygen atoms in total. The van der Waals surface area contributed by atoms with Crippen LogP contribution in [0.2, 0.25) is 0 Å². The Morgan fingerprint density at radius 2 is 1.93 bits per heavy atom. The number of halogens is 1. The van der Waals surface area contributed by atoms with Gasteiger partial charge in [0.1, 0.15) is 24.1 Å². The van der Waals surface area contributed by atoms with Crippen LogP contribution in [0.5, 0.6) is 5.75 Å². The standard InChI is InChI=1S/C22H25FN4O2/c1-22(2,3)16-6-9-18(10-7-16)29-12-4-5-21(28)26-17-8-11-20(19(23)13-17)27-15-24-14-25-27/h6-11,13-15H,4-5,12H2,1-3H3,(H,26,28). The van der Waals surface area contributed by atoms with Crippen molar-refractivity contribution in [2.24, 2.45) is 0 Å². The van der Waals surface area contributed by atoms with E-state index < -0.39 is 5.82 Å². The number of nitrogens with one attached hydrogen (secondary N) is 1. The van der Waals surface area contributed by atoms with Crippen LogP contribution in [0.1, 0.15) is 39.2 Å². The zero-order valence-electron chi connectivity index (χ0n) is 16.9. The zero-order chi connectivity index (χ0) is 20.9. The van der Waals surface area contributed by atoms with E-state index in [9.17, 15) is 9.18 Å². The van der Waals surface area contributed by atoms with Crippen LogP contribution in [-0.4, -0.2) is 27.3 Å². The van der Waals surface area contributed by atoms with Crippen molar-refractivity contribution < 1.29 is 13.9 Å². The van der Waals surface area contributed by atoms with Crippen molar-refractivity contribution in [3.8, 4) is 11.4 Å². The lowest BCUT2D eigenvalue weighted by Crippen LogP contribution is -2.13. The molecule has 1 amide bonds. The molecule has 3 aromatic rings. The van der Waals surface area contributed by atoms with E-state index in [1.807, 2.05) is 12.1 Å². The van der Waals surface area contributed by atoms with Crippen LogP contribution in [0.3, 0.4) is 0 Å². The van der Waals surface area contributed by atoms with Crippen molar-refractivity contribution >= 4 is 11.6 Å². The summed E-state index contributed by atoms with van der Waals surface area (Å²) in [5.74, 6) is 0.101. The highest BCUT2D eigenvalue weighted by molar-refractivity contribution is 5.90. The minimum absolute atomic E-state index is 0.101. The highest BCUT2D eigenvalue weighted by atomic mass is 19.1. The fourth-order valence-electron chi connectivity index (χ4n) is 2.80. The summed E-state index contributed by atoms with van der Waals surface area (Å²) in [5.41, 5.74) is 2.01. The molecule has 3 rings (SSSR count). The van der Waals surface area contributed by atoms with E-state index in [2.05, 4.69) is 48.3 Å². The Morgan fingerprint density at radius 3 is 2.55 bits per heavy atom. The van der Waals surface area contributed by atoms with Crippen molar-refractivity contribution in [3.63, 3.8) is 0 Å². The molecule has 0 aliphatic carbocycles. The SMILES string of the molecule is CC(C)(C)c1ccc(OCCCC(=O)Nc2ccc(-n3cncn3)c(F)c2)cc1. The second kappa shape index (κ2) is 8.86. The average molecular weight is 396 g/mol. The number of carbonyl (C=O) groups excluding carboxylic acids is 1. The number of benzene rings is 2. The van der Waals surface area contributed by atoms with Crippen molar-refractivity contribution in [1.29, 1.82) is 0 Å². The maximum absolute atomic E-state index is 14.2. The van der Waals surface area contributed by atoms with Crippen LogP contribution in [0.4, 0.5) is 10.1 Å². The van der Waals surface area contributed by atoms with Gasteiger partial charge in [-0.1, -0.05) is 32.9 Å². The minimum atomic E-state index is -0.490. The number of amides is 1. The summed E-state index contributed by atoms with van der Waals surface area (Å²) < 4.78 is 21.2. The zero-order valence-corrected chi connectivity index (χ0v) is 16.9. The van der Waals surface area contributed by atoms with Crippen LogP contribution in [0.15, 0.2) is 55.1 Å². The summed E-state index contributed by atoms with van der Waals surface area (Å²) in [7, 11) is 0. The van der Waals surface area contributed by atoms with Crippen molar-refractivity contribution in [2.45, 2.75) is 39.0 Å². The maximum atomic E-state index is 14.2. The van der Waals surface area contributed by atoms with Crippen LogP contribution in [0, 0.1) is 5.82 Å². The molecule has 0 bridgehead atoms. The fraction of sp³-hybridized carbons (Fsp3) is 0.318. The van der Waals surface area contributed by atoms with Gasteiger partial charge in [-0.15, -0.1) is 0 Å². The molecule has 0 unspecified atom stereocenters. The van der Waals surface area contributed by atoms with Crippen LogP contribution in [0.25, 0.3) is 5.69 Å². The lowest BCUT2D eigenvalue weighted by molar-refractivity contribution is -0.116. The molecule has 152 valence electrons. The summed E-state index contributed by atoms with van der Waals surface area (Å²) in [4.78, 5) is 15.9. The third-order valence-electron chi connectivity index (χ3n) is 4.43. The molecular weight excluding hydrogens is 371 g/mol. The van der Waals surface area contributed by atoms with E-state index in [4.69, 9.17) is 4.74 Å². The first-order chi connectivity index (χ1) is 13.8. The highest BCUT2D eigenvalue weighted by Gasteiger charge is 2.13. The van der Waals surface area contributed by atoms with Crippen LogP contribution >= 0.6 is 0 Å². The van der Waals surface area contributed by atoms with Gasteiger partial charge in [-0.25, -0.2) is 14.1 Å². The molecule has 7 heteroatoms. The molecule has 0 aliphatic heterocycles. The number of hydrogen-bond acceptors (Lipinski definition) is 4. The minimum Gasteiger partial charge on any atom is -0.494 e. The Bertz CT molecular complexity index is 948. The van der Waals surface area contributed by atoms with Gasteiger partial charge >= 0.3 is 0 Å². The van der Waals surface area contributed by atoms with Gasteiger partial charge < -0.3 is 10.1 Å². The van der Waals surface area contributed by atoms with Gasteiger partial charge in [0, 0.05) is 12.1 Å². The first-order valence-corrected chi connectivity index (χ1v) is 9.51. The van der Waals surface area contributed by atoms with Gasteiger partial charge in [0.25, 0.3) is 0 Å². The first kappa shape index (κ1) is 20.5. The van der Waals surface area contributed by atoms with Crippen LogP contribution in [-0.2, 0) is 10.2 Å². The van der Waals surface area contributed by atoms with E-state index >= 15 is 0 Å². The molecule has 0 radical (unpaired) electrons. The van der Waals surface area contributed by atoms with Gasteiger partial charge in [-0.3, -0.25) is 4.79 Å². The third-order valence-corrected chi connectivity index (χ3v) is 4.43. The van der Waals surface area contributed by atoms with E-state index in [1.165, 1.54) is 29.0 Å². The van der Waals surface area contributed by atoms with E-state index in [1.54, 1.807) is 12.1 Å². The summed E-state index contributed by atoms with van der Waals surface area (Å²) in [6.45, 7) is 6.92. The average Bonchev–Trinajstić information content (AvgIpc) is 3.19. The number of aromatic nitrogens is 3.